The van der Waals surface area contributed by atoms with Gasteiger partial charge in [-0.15, -0.1) is 0 Å². The number of carbonyl (C=O) groups excluding carboxylic acids is 2. The summed E-state index contributed by atoms with van der Waals surface area (Å²) in [7, 11) is 2.75. The molecule has 0 aliphatic heterocycles. The highest BCUT2D eigenvalue weighted by Gasteiger charge is 2.20. The number of carbonyl (C=O) groups is 2. The van der Waals surface area contributed by atoms with Gasteiger partial charge in [-0.25, -0.2) is 9.47 Å². The number of nitrogens with zero attached hydrogens (tertiary/aromatic N) is 4. The maximum Gasteiger partial charge on any atom is 0.332 e. The van der Waals surface area contributed by atoms with Gasteiger partial charge in [-0.05, 0) is 0 Å². The molecular weight excluding hydrogens is 280 g/mol. The third kappa shape index (κ3) is 2.30. The van der Waals surface area contributed by atoms with Crippen molar-refractivity contribution in [2.24, 2.45) is 14.1 Å². The fourth-order valence-electron chi connectivity index (χ4n) is 1.90. The first-order valence-electron chi connectivity index (χ1n) is 5.97. The molecule has 0 radical (unpaired) electrons. The predicted molar refractivity (Wildman–Crippen MR) is 74.6 cm³/mol. The van der Waals surface area contributed by atoms with Crippen molar-refractivity contribution >= 4 is 28.9 Å². The van der Waals surface area contributed by atoms with Crippen molar-refractivity contribution < 1.29 is 9.59 Å². The van der Waals surface area contributed by atoms with E-state index in [1.807, 2.05) is 0 Å². The van der Waals surface area contributed by atoms with Crippen LogP contribution < -0.4 is 22.0 Å². The summed E-state index contributed by atoms with van der Waals surface area (Å²) in [6.45, 7) is 2.50. The highest BCUT2D eigenvalue weighted by atomic mass is 16.2. The number of anilines is 1. The molecule has 2 aromatic heterocycles. The minimum absolute atomic E-state index is 0.0152. The second-order valence-corrected chi connectivity index (χ2v) is 4.50. The third-order valence-corrected chi connectivity index (χ3v) is 2.81. The summed E-state index contributed by atoms with van der Waals surface area (Å²) in [5, 5.41) is 2.40. The molecule has 10 heteroatoms. The van der Waals surface area contributed by atoms with Gasteiger partial charge in [0, 0.05) is 27.9 Å². The molecule has 2 aromatic rings. The van der Waals surface area contributed by atoms with Crippen LogP contribution in [0.2, 0.25) is 0 Å². The topological polar surface area (TPSA) is 120 Å². The van der Waals surface area contributed by atoms with Crippen molar-refractivity contribution in [2.45, 2.75) is 13.8 Å². The van der Waals surface area contributed by atoms with Gasteiger partial charge in [0.25, 0.3) is 5.56 Å². The van der Waals surface area contributed by atoms with Crippen LogP contribution in [0.1, 0.15) is 13.8 Å². The van der Waals surface area contributed by atoms with Crippen LogP contribution in [-0.4, -0.2) is 30.6 Å². The smallest absolute Gasteiger partial charge is 0.295 e. The Balaban J connectivity index is 2.93. The summed E-state index contributed by atoms with van der Waals surface area (Å²) in [5.74, 6) is -0.943. The molecule has 0 unspecified atom stereocenters. The quantitative estimate of drug-likeness (QED) is 0.697. The molecule has 0 spiro atoms. The number of aryl methyl sites for hydroxylation is 1. The Kier molecular flexibility index (Phi) is 3.37. The maximum absolute atomic E-state index is 12.2. The van der Waals surface area contributed by atoms with Gasteiger partial charge < -0.3 is 0 Å². The van der Waals surface area contributed by atoms with E-state index in [-0.39, 0.29) is 17.1 Å². The van der Waals surface area contributed by atoms with E-state index >= 15 is 0 Å². The van der Waals surface area contributed by atoms with Gasteiger partial charge in [0.2, 0.25) is 17.8 Å². The molecule has 0 saturated carbocycles. The number of aromatic nitrogens is 4. The highest BCUT2D eigenvalue weighted by Crippen LogP contribution is 2.13. The fraction of sp³-hybridized carbons (Fsp3) is 0.364. The van der Waals surface area contributed by atoms with Crippen LogP contribution in [0.3, 0.4) is 0 Å². The van der Waals surface area contributed by atoms with Gasteiger partial charge in [-0.1, -0.05) is 0 Å². The number of hydrogen-bond acceptors (Lipinski definition) is 5. The highest BCUT2D eigenvalue weighted by molar-refractivity contribution is 5.91. The van der Waals surface area contributed by atoms with Crippen LogP contribution in [0.25, 0.3) is 11.2 Å². The average molecular weight is 294 g/mol. The first-order chi connectivity index (χ1) is 9.73. The van der Waals surface area contributed by atoms with Crippen LogP contribution >= 0.6 is 0 Å². The van der Waals surface area contributed by atoms with Crippen LogP contribution in [-0.2, 0) is 23.7 Å². The molecule has 21 heavy (non-hydrogen) atoms. The van der Waals surface area contributed by atoms with E-state index in [9.17, 15) is 19.2 Å². The third-order valence-electron chi connectivity index (χ3n) is 2.81. The summed E-state index contributed by atoms with van der Waals surface area (Å²) in [6, 6.07) is 0. The molecule has 0 saturated heterocycles. The molecule has 0 aliphatic rings. The number of imidazole rings is 1. The summed E-state index contributed by atoms with van der Waals surface area (Å²) in [4.78, 5) is 50.6. The Morgan fingerprint density at radius 1 is 1.05 bits per heavy atom. The van der Waals surface area contributed by atoms with E-state index < -0.39 is 23.1 Å². The van der Waals surface area contributed by atoms with Crippen molar-refractivity contribution in [3.8, 4) is 0 Å². The first kappa shape index (κ1) is 14.5. The van der Waals surface area contributed by atoms with Gasteiger partial charge >= 0.3 is 5.69 Å². The minimum atomic E-state index is -0.633. The SMILES string of the molecule is CC(=O)Nc1nc2c(c(=O)n(C)c(=O)n2C)n1NC(C)=O. The molecule has 2 rings (SSSR count). The monoisotopic (exact) mass is 294 g/mol. The fourth-order valence-corrected chi connectivity index (χ4v) is 1.90. The van der Waals surface area contributed by atoms with Crippen LogP contribution in [0, 0.1) is 0 Å². The van der Waals surface area contributed by atoms with Gasteiger partial charge in [-0.2, -0.15) is 4.98 Å². The number of rotatable bonds is 2. The lowest BCUT2D eigenvalue weighted by molar-refractivity contribution is -0.115. The lowest BCUT2D eigenvalue weighted by atomic mass is 10.5. The zero-order valence-corrected chi connectivity index (χ0v) is 11.9. The van der Waals surface area contributed by atoms with E-state index in [0.29, 0.717) is 0 Å². The lowest BCUT2D eigenvalue weighted by Gasteiger charge is -2.09. The number of amides is 2. The van der Waals surface area contributed by atoms with Gasteiger partial charge in [0.05, 0.1) is 0 Å². The largest absolute Gasteiger partial charge is 0.332 e. The van der Waals surface area contributed by atoms with E-state index in [1.165, 1.54) is 27.9 Å². The predicted octanol–water partition coefficient (Wildman–Crippen LogP) is -1.52. The molecule has 10 nitrogen and oxygen atoms in total. The molecule has 0 bridgehead atoms. The summed E-state index contributed by atoms with van der Waals surface area (Å²) < 4.78 is 3.10. The Hall–Kier alpha value is -2.91. The number of nitrogens with one attached hydrogen (secondary N) is 2. The van der Waals surface area contributed by atoms with Crippen molar-refractivity contribution in [1.29, 1.82) is 0 Å². The second kappa shape index (κ2) is 4.89. The van der Waals surface area contributed by atoms with Crippen molar-refractivity contribution in [3.05, 3.63) is 20.8 Å². The minimum Gasteiger partial charge on any atom is -0.295 e. The van der Waals surface area contributed by atoms with Crippen LogP contribution in [0.5, 0.6) is 0 Å². The Morgan fingerprint density at radius 2 is 1.67 bits per heavy atom. The van der Waals surface area contributed by atoms with Crippen molar-refractivity contribution in [3.63, 3.8) is 0 Å². The maximum atomic E-state index is 12.2. The Labute approximate surface area is 118 Å². The molecule has 2 amide bonds. The van der Waals surface area contributed by atoms with Gasteiger partial charge in [-0.3, -0.25) is 34.3 Å². The van der Waals surface area contributed by atoms with Crippen molar-refractivity contribution in [1.82, 2.24) is 18.8 Å². The molecule has 0 aliphatic carbocycles. The zero-order chi connectivity index (χ0) is 15.9. The van der Waals surface area contributed by atoms with E-state index in [2.05, 4.69) is 15.7 Å². The summed E-state index contributed by atoms with van der Waals surface area (Å²) in [5.41, 5.74) is 1.24. The normalized spacial score (nSPS) is 10.7. The summed E-state index contributed by atoms with van der Waals surface area (Å²) >= 11 is 0. The number of hydrogen-bond donors (Lipinski definition) is 2. The summed E-state index contributed by atoms with van der Waals surface area (Å²) in [6.07, 6.45) is 0. The molecular formula is C11H14N6O4. The van der Waals surface area contributed by atoms with E-state index in [4.69, 9.17) is 0 Å². The molecule has 2 N–H and O–H groups in total. The van der Waals surface area contributed by atoms with Gasteiger partial charge in [0.1, 0.15) is 0 Å². The zero-order valence-electron chi connectivity index (χ0n) is 11.9. The first-order valence-corrected chi connectivity index (χ1v) is 5.97. The average Bonchev–Trinajstić information content (AvgIpc) is 2.71. The molecule has 0 fully saturated rings. The van der Waals surface area contributed by atoms with E-state index in [1.54, 1.807) is 0 Å². The van der Waals surface area contributed by atoms with Crippen LogP contribution in [0.4, 0.5) is 5.95 Å². The van der Waals surface area contributed by atoms with E-state index in [0.717, 1.165) is 13.8 Å². The standard InChI is InChI=1S/C11H14N6O4/c1-5(18)12-10-13-8-7(17(10)14-6(2)19)9(20)16(4)11(21)15(8)3/h1-4H3,(H,14,19)(H,12,13,18). The molecule has 0 atom stereocenters. The van der Waals surface area contributed by atoms with Crippen molar-refractivity contribution in [2.75, 3.05) is 10.7 Å². The van der Waals surface area contributed by atoms with Crippen LogP contribution in [0.15, 0.2) is 9.59 Å². The molecule has 112 valence electrons. The molecule has 0 aromatic carbocycles. The Bertz CT molecular complexity index is 871. The molecule has 2 heterocycles. The second-order valence-electron chi connectivity index (χ2n) is 4.50. The Morgan fingerprint density at radius 3 is 2.19 bits per heavy atom. The number of fused-ring (bicyclic) bond motifs is 1. The van der Waals surface area contributed by atoms with Gasteiger partial charge in [0.15, 0.2) is 11.2 Å². The lowest BCUT2D eigenvalue weighted by Crippen LogP contribution is -2.38.